The maximum atomic E-state index is 12.0. The summed E-state index contributed by atoms with van der Waals surface area (Å²) in [5.41, 5.74) is 0.223. The summed E-state index contributed by atoms with van der Waals surface area (Å²) in [6.45, 7) is 3.70. The number of carbonyl (C=O) groups excluding carboxylic acids is 1. The Morgan fingerprint density at radius 3 is 2.53 bits per heavy atom. The molecule has 1 aromatic rings. The van der Waals surface area contributed by atoms with Gasteiger partial charge in [-0.2, -0.15) is 0 Å². The topological polar surface area (TPSA) is 65.4 Å². The van der Waals surface area contributed by atoms with Crippen LogP contribution in [0.3, 0.4) is 0 Å². The maximum Gasteiger partial charge on any atom is 0.355 e. The molecule has 1 saturated carbocycles. The lowest BCUT2D eigenvalue weighted by atomic mass is 9.96. The zero-order chi connectivity index (χ0) is 14.2. The highest BCUT2D eigenvalue weighted by molar-refractivity contribution is 8.13. The summed E-state index contributed by atoms with van der Waals surface area (Å²) >= 11 is 0. The van der Waals surface area contributed by atoms with E-state index in [1.165, 1.54) is 12.3 Å². The maximum absolute atomic E-state index is 12.0. The van der Waals surface area contributed by atoms with E-state index in [-0.39, 0.29) is 22.7 Å². The van der Waals surface area contributed by atoms with Crippen LogP contribution in [0.4, 0.5) is 0 Å². The fraction of sp³-hybridized carbons (Fsp3) is 0.583. The molecular weight excluding hydrogens is 290 g/mol. The molecule has 0 saturated heterocycles. The molecule has 0 amide bonds. The summed E-state index contributed by atoms with van der Waals surface area (Å²) in [6, 6.07) is 1.21. The summed E-state index contributed by atoms with van der Waals surface area (Å²) in [6.07, 6.45) is 4.12. The quantitative estimate of drug-likeness (QED) is 0.633. The second-order valence-electron chi connectivity index (χ2n) is 4.96. The molecule has 5 nitrogen and oxygen atoms in total. The van der Waals surface area contributed by atoms with E-state index in [4.69, 9.17) is 15.4 Å². The number of nitrogens with zero attached hydrogens (tertiary/aromatic N) is 1. The van der Waals surface area contributed by atoms with Gasteiger partial charge in [0.1, 0.15) is 16.7 Å². The van der Waals surface area contributed by atoms with E-state index in [1.54, 1.807) is 4.57 Å². The Hall–Kier alpha value is -1.01. The van der Waals surface area contributed by atoms with Crippen molar-refractivity contribution in [3.63, 3.8) is 0 Å². The van der Waals surface area contributed by atoms with Crippen molar-refractivity contribution in [1.82, 2.24) is 4.57 Å². The summed E-state index contributed by atoms with van der Waals surface area (Å²) in [5.74, 6) is -0.495. The number of halogens is 1. The molecule has 1 aliphatic rings. The van der Waals surface area contributed by atoms with E-state index in [2.05, 4.69) is 0 Å². The van der Waals surface area contributed by atoms with Gasteiger partial charge in [0.05, 0.1) is 0 Å². The van der Waals surface area contributed by atoms with E-state index in [1.807, 2.05) is 13.8 Å². The van der Waals surface area contributed by atoms with Crippen LogP contribution < -0.4 is 0 Å². The van der Waals surface area contributed by atoms with Gasteiger partial charge in [-0.15, -0.1) is 0 Å². The number of aromatic nitrogens is 1. The number of hydrogen-bond acceptors (Lipinski definition) is 4. The third kappa shape index (κ3) is 3.12. The predicted octanol–water partition coefficient (Wildman–Crippen LogP) is 2.71. The normalized spacial score (nSPS) is 16.4. The molecule has 7 heteroatoms. The van der Waals surface area contributed by atoms with Gasteiger partial charge >= 0.3 is 5.97 Å². The molecular formula is C12H16ClNO4S. The fourth-order valence-electron chi connectivity index (χ4n) is 1.88. The summed E-state index contributed by atoms with van der Waals surface area (Å²) in [5, 5.41) is 0. The van der Waals surface area contributed by atoms with Crippen LogP contribution >= 0.6 is 10.7 Å². The summed E-state index contributed by atoms with van der Waals surface area (Å²) in [4.78, 5) is 12.0. The Kier molecular flexibility index (Phi) is 3.92. The van der Waals surface area contributed by atoms with Crippen molar-refractivity contribution in [3.05, 3.63) is 18.0 Å². The third-order valence-corrected chi connectivity index (χ3v) is 4.52. The average molecular weight is 306 g/mol. The molecule has 2 rings (SSSR count). The molecule has 19 heavy (non-hydrogen) atoms. The molecule has 0 unspecified atom stereocenters. The molecule has 0 radical (unpaired) electrons. The molecule has 0 bridgehead atoms. The van der Waals surface area contributed by atoms with Crippen LogP contribution in [0.2, 0.25) is 0 Å². The van der Waals surface area contributed by atoms with Gasteiger partial charge in [-0.25, -0.2) is 13.2 Å². The van der Waals surface area contributed by atoms with Crippen LogP contribution in [0, 0.1) is 0 Å². The molecule has 1 heterocycles. The molecule has 1 aliphatic carbocycles. The average Bonchev–Trinajstić information content (AvgIpc) is 2.67. The van der Waals surface area contributed by atoms with Gasteiger partial charge in [0, 0.05) is 22.9 Å². The van der Waals surface area contributed by atoms with Crippen molar-refractivity contribution in [1.29, 1.82) is 0 Å². The molecule has 1 aromatic heterocycles. The lowest BCUT2D eigenvalue weighted by Crippen LogP contribution is -2.26. The van der Waals surface area contributed by atoms with Crippen molar-refractivity contribution in [2.24, 2.45) is 0 Å². The van der Waals surface area contributed by atoms with E-state index < -0.39 is 15.0 Å². The van der Waals surface area contributed by atoms with Gasteiger partial charge < -0.3 is 9.30 Å². The first-order chi connectivity index (χ1) is 8.79. The fourth-order valence-corrected chi connectivity index (χ4v) is 2.62. The number of hydrogen-bond donors (Lipinski definition) is 0. The van der Waals surface area contributed by atoms with Gasteiger partial charge in [0.25, 0.3) is 9.05 Å². The zero-order valence-electron chi connectivity index (χ0n) is 10.8. The first kappa shape index (κ1) is 14.4. The molecule has 0 N–H and O–H groups in total. The highest BCUT2D eigenvalue weighted by Crippen LogP contribution is 2.26. The highest BCUT2D eigenvalue weighted by Gasteiger charge is 2.26. The number of esters is 1. The Bertz CT molecular complexity index is 587. The van der Waals surface area contributed by atoms with E-state index >= 15 is 0 Å². The predicted molar refractivity (Wildman–Crippen MR) is 70.9 cm³/mol. The van der Waals surface area contributed by atoms with Gasteiger partial charge in [0.2, 0.25) is 0 Å². The van der Waals surface area contributed by atoms with Crippen LogP contribution in [0.1, 0.15) is 49.6 Å². The minimum atomic E-state index is -3.85. The highest BCUT2D eigenvalue weighted by atomic mass is 35.7. The number of ether oxygens (including phenoxy) is 1. The van der Waals surface area contributed by atoms with Crippen molar-refractivity contribution in [3.8, 4) is 0 Å². The molecule has 0 atom stereocenters. The van der Waals surface area contributed by atoms with Crippen molar-refractivity contribution < 1.29 is 17.9 Å². The zero-order valence-corrected chi connectivity index (χ0v) is 12.4. The summed E-state index contributed by atoms with van der Waals surface area (Å²) in [7, 11) is 1.46. The van der Waals surface area contributed by atoms with Gasteiger partial charge in [0.15, 0.2) is 0 Å². The first-order valence-corrected chi connectivity index (χ1v) is 8.47. The standard InChI is InChI=1S/C12H16ClNO4S/c1-8(2)14-7-10(19(13,16)17)6-11(14)12(15)18-9-4-3-5-9/h6-9H,3-5H2,1-2H3. The molecule has 0 spiro atoms. The molecule has 0 aliphatic heterocycles. The minimum Gasteiger partial charge on any atom is -0.458 e. The van der Waals surface area contributed by atoms with Crippen LogP contribution in [-0.4, -0.2) is 25.1 Å². The first-order valence-electron chi connectivity index (χ1n) is 6.16. The Labute approximate surface area is 116 Å². The van der Waals surface area contributed by atoms with Gasteiger partial charge in [-0.3, -0.25) is 0 Å². The SMILES string of the molecule is CC(C)n1cc(S(=O)(=O)Cl)cc1C(=O)OC1CCC1. The lowest BCUT2D eigenvalue weighted by molar-refractivity contribution is 0.00773. The second kappa shape index (κ2) is 5.17. The Balaban J connectivity index is 2.31. The lowest BCUT2D eigenvalue weighted by Gasteiger charge is -2.25. The molecule has 106 valence electrons. The largest absolute Gasteiger partial charge is 0.458 e. The molecule has 1 fully saturated rings. The number of carbonyl (C=O) groups is 1. The van der Waals surface area contributed by atoms with Gasteiger partial charge in [-0.05, 0) is 39.2 Å². The smallest absolute Gasteiger partial charge is 0.355 e. The van der Waals surface area contributed by atoms with Crippen LogP contribution in [0.15, 0.2) is 17.2 Å². The third-order valence-electron chi connectivity index (χ3n) is 3.20. The van der Waals surface area contributed by atoms with Crippen molar-refractivity contribution in [2.45, 2.75) is 50.2 Å². The van der Waals surface area contributed by atoms with E-state index in [9.17, 15) is 13.2 Å². The van der Waals surface area contributed by atoms with Crippen molar-refractivity contribution >= 4 is 25.7 Å². The van der Waals surface area contributed by atoms with Crippen molar-refractivity contribution in [2.75, 3.05) is 0 Å². The second-order valence-corrected chi connectivity index (χ2v) is 7.52. The van der Waals surface area contributed by atoms with Crippen LogP contribution in [-0.2, 0) is 13.8 Å². The Morgan fingerprint density at radius 1 is 1.47 bits per heavy atom. The van der Waals surface area contributed by atoms with Crippen LogP contribution in [0.5, 0.6) is 0 Å². The van der Waals surface area contributed by atoms with Gasteiger partial charge in [-0.1, -0.05) is 0 Å². The molecule has 0 aromatic carbocycles. The number of rotatable bonds is 4. The summed E-state index contributed by atoms with van der Waals surface area (Å²) < 4.78 is 29.5. The van der Waals surface area contributed by atoms with E-state index in [0.29, 0.717) is 0 Å². The Morgan fingerprint density at radius 2 is 2.11 bits per heavy atom. The monoisotopic (exact) mass is 305 g/mol. The van der Waals surface area contributed by atoms with Crippen LogP contribution in [0.25, 0.3) is 0 Å². The minimum absolute atomic E-state index is 0.0425. The van der Waals surface area contributed by atoms with E-state index in [0.717, 1.165) is 19.3 Å².